The van der Waals surface area contributed by atoms with E-state index in [1.807, 2.05) is 32.0 Å². The Bertz CT molecular complexity index is 758. The maximum Gasteiger partial charge on any atom is 0.261 e. The van der Waals surface area contributed by atoms with E-state index in [0.717, 1.165) is 5.56 Å². The lowest BCUT2D eigenvalue weighted by Gasteiger charge is -2.11. The summed E-state index contributed by atoms with van der Waals surface area (Å²) in [4.78, 5) is 0.0827. The maximum absolute atomic E-state index is 12.3. The number of nitrogens with one attached hydrogen (secondary N) is 1. The van der Waals surface area contributed by atoms with Crippen molar-refractivity contribution in [1.29, 1.82) is 0 Å². The van der Waals surface area contributed by atoms with E-state index in [9.17, 15) is 8.42 Å². The number of benzene rings is 2. The van der Waals surface area contributed by atoms with Gasteiger partial charge < -0.3 is 5.73 Å². The molecule has 2 aromatic carbocycles. The maximum atomic E-state index is 12.3. The zero-order chi connectivity index (χ0) is 15.6. The van der Waals surface area contributed by atoms with Crippen LogP contribution in [0.25, 0.3) is 0 Å². The van der Waals surface area contributed by atoms with Crippen LogP contribution in [0.5, 0.6) is 0 Å². The van der Waals surface area contributed by atoms with E-state index >= 15 is 0 Å². The molecule has 2 aromatic rings. The molecule has 0 spiro atoms. The second kappa shape index (κ2) is 5.95. The summed E-state index contributed by atoms with van der Waals surface area (Å²) in [6.07, 6.45) is 0. The van der Waals surface area contributed by atoms with Crippen LogP contribution in [-0.2, 0) is 10.0 Å². The van der Waals surface area contributed by atoms with Gasteiger partial charge in [0.1, 0.15) is 0 Å². The van der Waals surface area contributed by atoms with Gasteiger partial charge in [0.2, 0.25) is 0 Å². The second-order valence-electron chi connectivity index (χ2n) is 5.07. The van der Waals surface area contributed by atoms with Crippen molar-refractivity contribution in [2.45, 2.75) is 24.7 Å². The first-order valence-electron chi connectivity index (χ1n) is 6.47. The molecular formula is C15H17ClN2O2S. The van der Waals surface area contributed by atoms with Crippen molar-refractivity contribution in [3.63, 3.8) is 0 Å². The van der Waals surface area contributed by atoms with E-state index in [0.29, 0.717) is 16.6 Å². The molecule has 3 N–H and O–H groups in total. The minimum absolute atomic E-state index is 0.0827. The summed E-state index contributed by atoms with van der Waals surface area (Å²) >= 11 is 5.81. The van der Waals surface area contributed by atoms with Crippen LogP contribution >= 0.6 is 11.6 Å². The van der Waals surface area contributed by atoms with Crippen molar-refractivity contribution in [2.24, 2.45) is 0 Å². The van der Waals surface area contributed by atoms with Crippen molar-refractivity contribution >= 4 is 33.0 Å². The summed E-state index contributed by atoms with van der Waals surface area (Å²) in [5.41, 5.74) is 7.47. The molecule has 0 fully saturated rings. The molecule has 0 saturated carbocycles. The van der Waals surface area contributed by atoms with Crippen molar-refractivity contribution in [2.75, 3.05) is 10.5 Å². The van der Waals surface area contributed by atoms with Crippen LogP contribution in [0.15, 0.2) is 47.4 Å². The van der Waals surface area contributed by atoms with E-state index in [4.69, 9.17) is 17.3 Å². The average Bonchev–Trinajstić information content (AvgIpc) is 2.41. The van der Waals surface area contributed by atoms with Crippen LogP contribution in [0, 0.1) is 0 Å². The third-order valence-corrected chi connectivity index (χ3v) is 4.81. The fourth-order valence-corrected chi connectivity index (χ4v) is 3.07. The molecule has 2 rings (SSSR count). The predicted octanol–water partition coefficient (Wildman–Crippen LogP) is 3.85. The van der Waals surface area contributed by atoms with Crippen LogP contribution in [0.4, 0.5) is 11.4 Å². The third-order valence-electron chi connectivity index (χ3n) is 3.08. The zero-order valence-electron chi connectivity index (χ0n) is 11.8. The van der Waals surface area contributed by atoms with Gasteiger partial charge in [-0.2, -0.15) is 0 Å². The van der Waals surface area contributed by atoms with Crippen molar-refractivity contribution in [1.82, 2.24) is 0 Å². The van der Waals surface area contributed by atoms with Gasteiger partial charge in [-0.1, -0.05) is 37.6 Å². The van der Waals surface area contributed by atoms with Gasteiger partial charge in [-0.3, -0.25) is 4.72 Å². The van der Waals surface area contributed by atoms with Gasteiger partial charge in [-0.05, 0) is 41.8 Å². The van der Waals surface area contributed by atoms with Crippen molar-refractivity contribution in [3.8, 4) is 0 Å². The lowest BCUT2D eigenvalue weighted by molar-refractivity contribution is 0.601. The Labute approximate surface area is 130 Å². The number of rotatable bonds is 4. The summed E-state index contributed by atoms with van der Waals surface area (Å²) in [7, 11) is -3.68. The molecule has 0 unspecified atom stereocenters. The lowest BCUT2D eigenvalue weighted by Crippen LogP contribution is -2.13. The van der Waals surface area contributed by atoms with Gasteiger partial charge in [0.05, 0.1) is 15.6 Å². The topological polar surface area (TPSA) is 72.2 Å². The van der Waals surface area contributed by atoms with Crippen LogP contribution < -0.4 is 10.5 Å². The number of hydrogen-bond donors (Lipinski definition) is 2. The molecule has 0 aliphatic rings. The molecule has 0 amide bonds. The Kier molecular flexibility index (Phi) is 4.44. The molecule has 0 aromatic heterocycles. The first kappa shape index (κ1) is 15.7. The minimum atomic E-state index is -3.68. The fraction of sp³-hybridized carbons (Fsp3) is 0.200. The van der Waals surface area contributed by atoms with Crippen LogP contribution in [-0.4, -0.2) is 8.42 Å². The number of nitrogen functional groups attached to an aromatic ring is 1. The Morgan fingerprint density at radius 1 is 1.14 bits per heavy atom. The van der Waals surface area contributed by atoms with Crippen LogP contribution in [0.3, 0.4) is 0 Å². The summed E-state index contributed by atoms with van der Waals surface area (Å²) < 4.78 is 27.2. The summed E-state index contributed by atoms with van der Waals surface area (Å²) in [5.74, 6) is 0.320. The van der Waals surface area contributed by atoms with E-state index in [1.54, 1.807) is 6.07 Å². The number of hydrogen-bond acceptors (Lipinski definition) is 3. The third kappa shape index (κ3) is 3.68. The largest absolute Gasteiger partial charge is 0.397 e. The number of anilines is 2. The first-order valence-corrected chi connectivity index (χ1v) is 8.33. The number of sulfonamides is 1. The quantitative estimate of drug-likeness (QED) is 0.839. The highest BCUT2D eigenvalue weighted by atomic mass is 35.5. The Balaban J connectivity index is 2.33. The number of nitrogens with two attached hydrogens (primary N) is 1. The molecule has 21 heavy (non-hydrogen) atoms. The summed E-state index contributed by atoms with van der Waals surface area (Å²) in [6, 6.07) is 11.6. The van der Waals surface area contributed by atoms with Gasteiger partial charge in [-0.25, -0.2) is 8.42 Å². The van der Waals surface area contributed by atoms with E-state index in [2.05, 4.69) is 4.72 Å². The van der Waals surface area contributed by atoms with Gasteiger partial charge >= 0.3 is 0 Å². The standard InChI is InChI=1S/C15H17ClN2O2S/c1-10(2)11-4-3-5-12(8-11)18-21(19,20)13-6-7-14(16)15(17)9-13/h3-10,18H,17H2,1-2H3. The molecule has 0 atom stereocenters. The smallest absolute Gasteiger partial charge is 0.261 e. The highest BCUT2D eigenvalue weighted by molar-refractivity contribution is 7.92. The molecule has 112 valence electrons. The zero-order valence-corrected chi connectivity index (χ0v) is 13.4. The van der Waals surface area contributed by atoms with Gasteiger partial charge in [0, 0.05) is 5.69 Å². The Morgan fingerprint density at radius 3 is 2.48 bits per heavy atom. The number of halogens is 1. The average molecular weight is 325 g/mol. The Morgan fingerprint density at radius 2 is 1.86 bits per heavy atom. The Hall–Kier alpha value is -1.72. The normalized spacial score (nSPS) is 11.6. The molecule has 0 radical (unpaired) electrons. The molecule has 0 bridgehead atoms. The van der Waals surface area contributed by atoms with Crippen LogP contribution in [0.2, 0.25) is 5.02 Å². The molecule has 4 nitrogen and oxygen atoms in total. The minimum Gasteiger partial charge on any atom is -0.397 e. The molecular weight excluding hydrogens is 308 g/mol. The van der Waals surface area contributed by atoms with E-state index in [1.165, 1.54) is 18.2 Å². The highest BCUT2D eigenvalue weighted by Gasteiger charge is 2.15. The summed E-state index contributed by atoms with van der Waals surface area (Å²) in [5, 5.41) is 0.329. The monoisotopic (exact) mass is 324 g/mol. The van der Waals surface area contributed by atoms with Crippen molar-refractivity contribution < 1.29 is 8.42 Å². The highest BCUT2D eigenvalue weighted by Crippen LogP contribution is 2.25. The molecule has 0 heterocycles. The SMILES string of the molecule is CC(C)c1cccc(NS(=O)(=O)c2ccc(Cl)c(N)c2)c1. The molecule has 0 aliphatic heterocycles. The van der Waals surface area contributed by atoms with E-state index < -0.39 is 10.0 Å². The van der Waals surface area contributed by atoms with E-state index in [-0.39, 0.29) is 10.6 Å². The van der Waals surface area contributed by atoms with Crippen LogP contribution in [0.1, 0.15) is 25.3 Å². The predicted molar refractivity (Wildman–Crippen MR) is 87.2 cm³/mol. The molecule has 6 heteroatoms. The van der Waals surface area contributed by atoms with Gasteiger partial charge in [-0.15, -0.1) is 0 Å². The van der Waals surface area contributed by atoms with Gasteiger partial charge in [0.15, 0.2) is 0 Å². The van der Waals surface area contributed by atoms with Crippen molar-refractivity contribution in [3.05, 3.63) is 53.1 Å². The molecule has 0 aliphatic carbocycles. The summed E-state index contributed by atoms with van der Waals surface area (Å²) in [6.45, 7) is 4.10. The van der Waals surface area contributed by atoms with Gasteiger partial charge in [0.25, 0.3) is 10.0 Å². The first-order chi connectivity index (χ1) is 9.79. The molecule has 0 saturated heterocycles. The second-order valence-corrected chi connectivity index (χ2v) is 7.16. The fourth-order valence-electron chi connectivity index (χ4n) is 1.86. The lowest BCUT2D eigenvalue weighted by atomic mass is 10.0.